The Morgan fingerprint density at radius 2 is 1.79 bits per heavy atom. The number of nitrogens with zero attached hydrogens (tertiary/aromatic N) is 6. The molecule has 1 aliphatic heterocycles. The van der Waals surface area contributed by atoms with Crippen molar-refractivity contribution in [1.29, 1.82) is 0 Å². The fourth-order valence-corrected chi connectivity index (χ4v) is 3.21. The molecular formula is C18H26N6. The number of anilines is 1. The Hall–Kier alpha value is -2.08. The third kappa shape index (κ3) is 3.53. The lowest BCUT2D eigenvalue weighted by atomic mass is 10.1. The first-order valence-corrected chi connectivity index (χ1v) is 8.84. The predicted molar refractivity (Wildman–Crippen MR) is 95.0 cm³/mol. The summed E-state index contributed by atoms with van der Waals surface area (Å²) in [5.41, 5.74) is 3.36. The Morgan fingerprint density at radius 3 is 2.42 bits per heavy atom. The molecule has 1 aliphatic rings. The van der Waals surface area contributed by atoms with Crippen LogP contribution < -0.4 is 4.90 Å². The van der Waals surface area contributed by atoms with Gasteiger partial charge < -0.3 is 4.90 Å². The SMILES string of the molecule is CCc1nnc(N2CCN(C(C)c3cccnc3)CC2)nc1CC. The Morgan fingerprint density at radius 1 is 1.04 bits per heavy atom. The highest BCUT2D eigenvalue weighted by atomic mass is 15.4. The van der Waals surface area contributed by atoms with Gasteiger partial charge in [-0.25, -0.2) is 4.98 Å². The maximum Gasteiger partial charge on any atom is 0.245 e. The van der Waals surface area contributed by atoms with Gasteiger partial charge in [-0.1, -0.05) is 19.9 Å². The molecule has 1 unspecified atom stereocenters. The van der Waals surface area contributed by atoms with Gasteiger partial charge in [-0.05, 0) is 31.4 Å². The second-order valence-electron chi connectivity index (χ2n) is 6.20. The molecule has 0 radical (unpaired) electrons. The van der Waals surface area contributed by atoms with Crippen molar-refractivity contribution >= 4 is 5.95 Å². The second kappa shape index (κ2) is 7.66. The molecule has 3 heterocycles. The Bertz CT molecular complexity index is 652. The van der Waals surface area contributed by atoms with Crippen molar-refractivity contribution in [3.05, 3.63) is 41.5 Å². The fourth-order valence-electron chi connectivity index (χ4n) is 3.21. The van der Waals surface area contributed by atoms with Crippen LogP contribution in [0.25, 0.3) is 0 Å². The summed E-state index contributed by atoms with van der Waals surface area (Å²) >= 11 is 0. The first-order valence-electron chi connectivity index (χ1n) is 8.84. The standard InChI is InChI=1S/C18H26N6/c1-4-16-17(5-2)21-22-18(20-16)24-11-9-23(10-12-24)14(3)15-7-6-8-19-13-15/h6-8,13-14H,4-5,9-12H2,1-3H3. The molecule has 1 saturated heterocycles. The maximum atomic E-state index is 4.74. The average molecular weight is 326 g/mol. The third-order valence-electron chi connectivity index (χ3n) is 4.81. The van der Waals surface area contributed by atoms with Gasteiger partial charge in [-0.2, -0.15) is 5.10 Å². The highest BCUT2D eigenvalue weighted by Crippen LogP contribution is 2.22. The van der Waals surface area contributed by atoms with Crippen LogP contribution in [0.15, 0.2) is 24.5 Å². The minimum absolute atomic E-state index is 0.383. The van der Waals surface area contributed by atoms with Gasteiger partial charge in [-0.15, -0.1) is 5.10 Å². The number of rotatable bonds is 5. The zero-order valence-electron chi connectivity index (χ0n) is 14.8. The summed E-state index contributed by atoms with van der Waals surface area (Å²) in [4.78, 5) is 13.7. The van der Waals surface area contributed by atoms with Crippen molar-refractivity contribution in [1.82, 2.24) is 25.1 Å². The Balaban J connectivity index is 1.65. The lowest BCUT2D eigenvalue weighted by Crippen LogP contribution is -2.47. The van der Waals surface area contributed by atoms with Gasteiger partial charge in [0.1, 0.15) is 0 Å². The van der Waals surface area contributed by atoms with Gasteiger partial charge in [0, 0.05) is 44.6 Å². The number of aryl methyl sites for hydroxylation is 2. The number of hydrogen-bond acceptors (Lipinski definition) is 6. The number of hydrogen-bond donors (Lipinski definition) is 0. The summed E-state index contributed by atoms with van der Waals surface area (Å²) in [6.45, 7) is 10.3. The van der Waals surface area contributed by atoms with Crippen molar-refractivity contribution in [2.75, 3.05) is 31.1 Å². The summed E-state index contributed by atoms with van der Waals surface area (Å²) < 4.78 is 0. The molecule has 2 aromatic rings. The van der Waals surface area contributed by atoms with E-state index in [1.54, 1.807) is 0 Å². The summed E-state index contributed by atoms with van der Waals surface area (Å²) in [5, 5.41) is 8.72. The summed E-state index contributed by atoms with van der Waals surface area (Å²) in [6.07, 6.45) is 5.58. The van der Waals surface area contributed by atoms with Crippen molar-refractivity contribution in [3.8, 4) is 0 Å². The van der Waals surface area contributed by atoms with E-state index >= 15 is 0 Å². The quantitative estimate of drug-likeness (QED) is 0.840. The second-order valence-corrected chi connectivity index (χ2v) is 6.20. The normalized spacial score (nSPS) is 17.0. The molecule has 6 nitrogen and oxygen atoms in total. The van der Waals surface area contributed by atoms with Crippen LogP contribution in [0, 0.1) is 0 Å². The predicted octanol–water partition coefficient (Wildman–Crippen LogP) is 2.27. The fraction of sp³-hybridized carbons (Fsp3) is 0.556. The zero-order valence-corrected chi connectivity index (χ0v) is 14.8. The van der Waals surface area contributed by atoms with Crippen molar-refractivity contribution in [2.24, 2.45) is 0 Å². The van der Waals surface area contributed by atoms with Crippen molar-refractivity contribution in [3.63, 3.8) is 0 Å². The van der Waals surface area contributed by atoms with E-state index in [0.29, 0.717) is 6.04 Å². The third-order valence-corrected chi connectivity index (χ3v) is 4.81. The summed E-state index contributed by atoms with van der Waals surface area (Å²) in [6, 6.07) is 4.53. The lowest BCUT2D eigenvalue weighted by Gasteiger charge is -2.38. The van der Waals surface area contributed by atoms with Crippen LogP contribution in [0.1, 0.15) is 43.8 Å². The molecule has 24 heavy (non-hydrogen) atoms. The van der Waals surface area contributed by atoms with Crippen LogP contribution in [0.2, 0.25) is 0 Å². The van der Waals surface area contributed by atoms with Crippen molar-refractivity contribution in [2.45, 2.75) is 39.7 Å². The van der Waals surface area contributed by atoms with Gasteiger partial charge in [0.25, 0.3) is 0 Å². The smallest absolute Gasteiger partial charge is 0.245 e. The van der Waals surface area contributed by atoms with Crippen LogP contribution in [0.5, 0.6) is 0 Å². The molecule has 3 rings (SSSR count). The highest BCUT2D eigenvalue weighted by Gasteiger charge is 2.24. The van der Waals surface area contributed by atoms with Crippen LogP contribution in [0.3, 0.4) is 0 Å². The van der Waals surface area contributed by atoms with Crippen LogP contribution >= 0.6 is 0 Å². The van der Waals surface area contributed by atoms with E-state index in [0.717, 1.165) is 56.4 Å². The monoisotopic (exact) mass is 326 g/mol. The zero-order chi connectivity index (χ0) is 16.9. The van der Waals surface area contributed by atoms with Crippen LogP contribution in [-0.2, 0) is 12.8 Å². The molecule has 128 valence electrons. The maximum absolute atomic E-state index is 4.74. The molecule has 1 fully saturated rings. The molecule has 0 N–H and O–H groups in total. The van der Waals surface area contributed by atoms with E-state index < -0.39 is 0 Å². The van der Waals surface area contributed by atoms with E-state index in [1.165, 1.54) is 5.56 Å². The van der Waals surface area contributed by atoms with Gasteiger partial charge in [-0.3, -0.25) is 9.88 Å². The molecule has 1 atom stereocenters. The first kappa shape index (κ1) is 16.8. The molecule has 6 heteroatoms. The van der Waals surface area contributed by atoms with E-state index in [2.05, 4.69) is 51.8 Å². The lowest BCUT2D eigenvalue weighted by molar-refractivity contribution is 0.197. The molecule has 0 spiro atoms. The molecule has 0 aromatic carbocycles. The Kier molecular flexibility index (Phi) is 5.35. The molecule has 0 aliphatic carbocycles. The van der Waals surface area contributed by atoms with E-state index in [1.807, 2.05) is 18.5 Å². The molecule has 0 saturated carbocycles. The average Bonchev–Trinajstić information content (AvgIpc) is 2.67. The highest BCUT2D eigenvalue weighted by molar-refractivity contribution is 5.31. The van der Waals surface area contributed by atoms with E-state index in [-0.39, 0.29) is 0 Å². The topological polar surface area (TPSA) is 58.0 Å². The minimum atomic E-state index is 0.383. The van der Waals surface area contributed by atoms with Gasteiger partial charge in [0.05, 0.1) is 11.4 Å². The molecule has 0 bridgehead atoms. The minimum Gasteiger partial charge on any atom is -0.337 e. The molecule has 2 aromatic heterocycles. The molecule has 0 amide bonds. The number of piperazine rings is 1. The van der Waals surface area contributed by atoms with Crippen molar-refractivity contribution < 1.29 is 0 Å². The van der Waals surface area contributed by atoms with Gasteiger partial charge in [0.15, 0.2) is 0 Å². The summed E-state index contributed by atoms with van der Waals surface area (Å²) in [7, 11) is 0. The van der Waals surface area contributed by atoms with Gasteiger partial charge in [0.2, 0.25) is 5.95 Å². The van der Waals surface area contributed by atoms with Crippen LogP contribution in [-0.4, -0.2) is 51.2 Å². The first-order chi connectivity index (χ1) is 11.7. The van der Waals surface area contributed by atoms with E-state index in [9.17, 15) is 0 Å². The van der Waals surface area contributed by atoms with E-state index in [4.69, 9.17) is 4.98 Å². The Labute approximate surface area is 143 Å². The largest absolute Gasteiger partial charge is 0.337 e. The summed E-state index contributed by atoms with van der Waals surface area (Å²) in [5.74, 6) is 0.776. The van der Waals surface area contributed by atoms with Crippen LogP contribution in [0.4, 0.5) is 5.95 Å². The number of aromatic nitrogens is 4. The van der Waals surface area contributed by atoms with Gasteiger partial charge >= 0.3 is 0 Å². The number of pyridine rings is 1. The molecular weight excluding hydrogens is 300 g/mol.